The molecule has 0 saturated heterocycles. The maximum Gasteiger partial charge on any atom is 0.303 e. The molecule has 0 aliphatic rings. The molecule has 0 bridgehead atoms. The molecule has 1 unspecified atom stereocenters. The van der Waals surface area contributed by atoms with Gasteiger partial charge in [0.2, 0.25) is 6.10 Å². The van der Waals surface area contributed by atoms with Gasteiger partial charge in [-0.25, -0.2) is 0 Å². The molecular formula is C20H24N2O5. The molecule has 2 aromatic rings. The predicted octanol–water partition coefficient (Wildman–Crippen LogP) is 2.37. The van der Waals surface area contributed by atoms with E-state index in [1.807, 2.05) is 31.2 Å². The molecule has 1 amide bonds. The van der Waals surface area contributed by atoms with Crippen LogP contribution >= 0.6 is 0 Å². The van der Waals surface area contributed by atoms with E-state index in [0.717, 1.165) is 11.3 Å². The molecule has 7 heteroatoms. The monoisotopic (exact) mass is 372 g/mol. The Morgan fingerprint density at radius 1 is 1.11 bits per heavy atom. The Labute approximate surface area is 158 Å². The average Bonchev–Trinajstić information content (AvgIpc) is 2.65. The lowest BCUT2D eigenvalue weighted by Crippen LogP contribution is -2.33. The number of aryl methyl sites for hydroxylation is 1. The van der Waals surface area contributed by atoms with Crippen molar-refractivity contribution in [1.29, 1.82) is 0 Å². The fourth-order valence-electron chi connectivity index (χ4n) is 2.58. The van der Waals surface area contributed by atoms with Gasteiger partial charge in [0.25, 0.3) is 5.91 Å². The van der Waals surface area contributed by atoms with Gasteiger partial charge in [0.1, 0.15) is 0 Å². The number of hydrogen-bond donors (Lipinski definition) is 1. The van der Waals surface area contributed by atoms with Crippen molar-refractivity contribution in [2.24, 2.45) is 0 Å². The van der Waals surface area contributed by atoms with Crippen molar-refractivity contribution in [1.82, 2.24) is 10.3 Å². The molecule has 0 aliphatic carbocycles. The molecule has 1 N–H and O–H groups in total. The highest BCUT2D eigenvalue weighted by Crippen LogP contribution is 2.27. The number of rotatable bonds is 8. The third-order valence-electron chi connectivity index (χ3n) is 3.86. The van der Waals surface area contributed by atoms with Crippen LogP contribution < -0.4 is 14.8 Å². The standard InChI is InChI=1S/C20H24N2O5/c1-13-6-5-7-16(22-13)19(27-14(2)23)20(24)21-11-10-15-8-9-17(25-3)18(12-15)26-4/h5-9,12,19H,10-11H2,1-4H3,(H,21,24). The summed E-state index contributed by atoms with van der Waals surface area (Å²) >= 11 is 0. The molecule has 1 aromatic heterocycles. The van der Waals surface area contributed by atoms with E-state index in [9.17, 15) is 9.59 Å². The minimum atomic E-state index is -1.08. The Balaban J connectivity index is 2.02. The van der Waals surface area contributed by atoms with Crippen molar-refractivity contribution in [2.75, 3.05) is 20.8 Å². The number of ether oxygens (including phenoxy) is 3. The summed E-state index contributed by atoms with van der Waals surface area (Å²) in [5.74, 6) is 0.316. The number of carbonyl (C=O) groups is 2. The number of esters is 1. The Hall–Kier alpha value is -3.09. The van der Waals surface area contributed by atoms with Crippen LogP contribution in [0.4, 0.5) is 0 Å². The SMILES string of the molecule is COc1ccc(CCNC(=O)C(OC(C)=O)c2cccc(C)n2)cc1OC. The van der Waals surface area contributed by atoms with Gasteiger partial charge in [-0.1, -0.05) is 12.1 Å². The number of aromatic nitrogens is 1. The first-order valence-corrected chi connectivity index (χ1v) is 8.54. The maximum absolute atomic E-state index is 12.5. The summed E-state index contributed by atoms with van der Waals surface area (Å²) in [6.07, 6.45) is -0.493. The van der Waals surface area contributed by atoms with Crippen LogP contribution in [-0.2, 0) is 20.7 Å². The smallest absolute Gasteiger partial charge is 0.303 e. The highest BCUT2D eigenvalue weighted by atomic mass is 16.5. The number of pyridine rings is 1. The molecule has 1 aromatic carbocycles. The molecule has 0 fully saturated rings. The molecule has 0 saturated carbocycles. The van der Waals surface area contributed by atoms with Gasteiger partial charge in [-0.15, -0.1) is 0 Å². The Morgan fingerprint density at radius 2 is 1.85 bits per heavy atom. The summed E-state index contributed by atoms with van der Waals surface area (Å²) in [6, 6.07) is 10.8. The van der Waals surface area contributed by atoms with Crippen LogP contribution in [0.2, 0.25) is 0 Å². The number of hydrogen-bond acceptors (Lipinski definition) is 6. The van der Waals surface area contributed by atoms with Crippen molar-refractivity contribution in [3.63, 3.8) is 0 Å². The zero-order chi connectivity index (χ0) is 19.8. The topological polar surface area (TPSA) is 86.8 Å². The van der Waals surface area contributed by atoms with Gasteiger partial charge in [0, 0.05) is 19.2 Å². The van der Waals surface area contributed by atoms with Crippen molar-refractivity contribution in [2.45, 2.75) is 26.4 Å². The quantitative estimate of drug-likeness (QED) is 0.716. The molecule has 7 nitrogen and oxygen atoms in total. The van der Waals surface area contributed by atoms with Crippen LogP contribution in [0.5, 0.6) is 11.5 Å². The summed E-state index contributed by atoms with van der Waals surface area (Å²) in [4.78, 5) is 28.2. The highest BCUT2D eigenvalue weighted by Gasteiger charge is 2.25. The van der Waals surface area contributed by atoms with Gasteiger partial charge in [0.15, 0.2) is 11.5 Å². The summed E-state index contributed by atoms with van der Waals surface area (Å²) in [6.45, 7) is 3.45. The zero-order valence-corrected chi connectivity index (χ0v) is 15.9. The molecule has 0 spiro atoms. The number of carbonyl (C=O) groups excluding carboxylic acids is 2. The molecule has 1 heterocycles. The van der Waals surface area contributed by atoms with E-state index in [-0.39, 0.29) is 0 Å². The largest absolute Gasteiger partial charge is 0.493 e. The first kappa shape index (κ1) is 20.2. The molecule has 0 radical (unpaired) electrons. The van der Waals surface area contributed by atoms with E-state index in [4.69, 9.17) is 14.2 Å². The van der Waals surface area contributed by atoms with Gasteiger partial charge < -0.3 is 19.5 Å². The second-order valence-corrected chi connectivity index (χ2v) is 5.92. The Kier molecular flexibility index (Phi) is 7.16. The number of methoxy groups -OCH3 is 2. The van der Waals surface area contributed by atoms with E-state index in [0.29, 0.717) is 30.2 Å². The van der Waals surface area contributed by atoms with Crippen LogP contribution in [0.3, 0.4) is 0 Å². The Bertz CT molecular complexity index is 807. The van der Waals surface area contributed by atoms with E-state index in [1.165, 1.54) is 6.92 Å². The molecule has 1 atom stereocenters. The van der Waals surface area contributed by atoms with Crippen molar-refractivity contribution in [3.8, 4) is 11.5 Å². The number of amides is 1. The molecule has 27 heavy (non-hydrogen) atoms. The van der Waals surface area contributed by atoms with Crippen LogP contribution in [0.15, 0.2) is 36.4 Å². The van der Waals surface area contributed by atoms with E-state index in [1.54, 1.807) is 26.4 Å². The lowest BCUT2D eigenvalue weighted by molar-refractivity contribution is -0.154. The van der Waals surface area contributed by atoms with Gasteiger partial charge in [-0.05, 0) is 43.2 Å². The normalized spacial score (nSPS) is 11.4. The van der Waals surface area contributed by atoms with Gasteiger partial charge >= 0.3 is 5.97 Å². The summed E-state index contributed by atoms with van der Waals surface area (Å²) in [5, 5.41) is 2.79. The first-order chi connectivity index (χ1) is 12.9. The minimum Gasteiger partial charge on any atom is -0.493 e. The third-order valence-corrected chi connectivity index (χ3v) is 3.86. The van der Waals surface area contributed by atoms with Crippen LogP contribution in [0.1, 0.15) is 30.0 Å². The molecule has 144 valence electrons. The van der Waals surface area contributed by atoms with Gasteiger partial charge in [0.05, 0.1) is 19.9 Å². The van der Waals surface area contributed by atoms with Crippen LogP contribution in [-0.4, -0.2) is 37.6 Å². The molecule has 0 aliphatic heterocycles. The van der Waals surface area contributed by atoms with Crippen LogP contribution in [0, 0.1) is 6.92 Å². The van der Waals surface area contributed by atoms with Crippen molar-refractivity contribution >= 4 is 11.9 Å². The van der Waals surface area contributed by atoms with Gasteiger partial charge in [-0.2, -0.15) is 0 Å². The van der Waals surface area contributed by atoms with Crippen molar-refractivity contribution in [3.05, 3.63) is 53.3 Å². The van der Waals surface area contributed by atoms with Gasteiger partial charge in [-0.3, -0.25) is 14.6 Å². The van der Waals surface area contributed by atoms with E-state index >= 15 is 0 Å². The summed E-state index contributed by atoms with van der Waals surface area (Å²) in [5.41, 5.74) is 2.11. The van der Waals surface area contributed by atoms with E-state index < -0.39 is 18.0 Å². The third kappa shape index (κ3) is 5.70. The fraction of sp³-hybridized carbons (Fsp3) is 0.350. The highest BCUT2D eigenvalue weighted by molar-refractivity contribution is 5.84. The first-order valence-electron chi connectivity index (χ1n) is 8.54. The summed E-state index contributed by atoms with van der Waals surface area (Å²) < 4.78 is 15.7. The molecular weight excluding hydrogens is 348 g/mol. The number of nitrogens with zero attached hydrogens (tertiary/aromatic N) is 1. The lowest BCUT2D eigenvalue weighted by atomic mass is 10.1. The molecule has 2 rings (SSSR count). The van der Waals surface area contributed by atoms with E-state index in [2.05, 4.69) is 10.3 Å². The zero-order valence-electron chi connectivity index (χ0n) is 15.9. The minimum absolute atomic E-state index is 0.373. The van der Waals surface area contributed by atoms with Crippen molar-refractivity contribution < 1.29 is 23.8 Å². The Morgan fingerprint density at radius 3 is 2.48 bits per heavy atom. The lowest BCUT2D eigenvalue weighted by Gasteiger charge is -2.17. The second kappa shape index (κ2) is 9.56. The fourth-order valence-corrected chi connectivity index (χ4v) is 2.58. The number of nitrogens with one attached hydrogen (secondary N) is 1. The number of benzene rings is 1. The summed E-state index contributed by atoms with van der Waals surface area (Å²) in [7, 11) is 3.15. The van der Waals surface area contributed by atoms with Crippen LogP contribution in [0.25, 0.3) is 0 Å². The predicted molar refractivity (Wildman–Crippen MR) is 99.7 cm³/mol. The second-order valence-electron chi connectivity index (χ2n) is 5.92. The average molecular weight is 372 g/mol. The maximum atomic E-state index is 12.5.